The van der Waals surface area contributed by atoms with Crippen molar-refractivity contribution in [3.8, 4) is 0 Å². The van der Waals surface area contributed by atoms with Crippen molar-refractivity contribution in [2.45, 2.75) is 80.1 Å². The third-order valence-electron chi connectivity index (χ3n) is 0.707. The maximum absolute atomic E-state index is 3.60. The normalized spacial score (nSPS) is 5.14. The van der Waals surface area contributed by atoms with E-state index in [0.29, 0.717) is 0 Å². The summed E-state index contributed by atoms with van der Waals surface area (Å²) in [5, 5.41) is 0. The van der Waals surface area contributed by atoms with Crippen molar-refractivity contribution in [1.29, 1.82) is 0 Å². The Labute approximate surface area is 169 Å². The van der Waals surface area contributed by atoms with Crippen LogP contribution in [0, 0.1) is 41.5 Å². The predicted octanol–water partition coefficient (Wildman–Crippen LogP) is 6.55. The van der Waals surface area contributed by atoms with Gasteiger partial charge in [-0.25, -0.2) is 0 Å². The van der Waals surface area contributed by atoms with Crippen LogP contribution in [0.5, 0.6) is 0 Å². The average Bonchev–Trinajstić information content (AvgIpc) is 2.45. The topological polar surface area (TPSA) is 31.5 Å². The van der Waals surface area contributed by atoms with Crippen molar-refractivity contribution >= 4 is 0 Å². The van der Waals surface area contributed by atoms with E-state index in [2.05, 4.69) is 55.4 Å². The summed E-state index contributed by atoms with van der Waals surface area (Å²) >= 11 is 0. The Morgan fingerprint density at radius 1 is 0.524 bits per heavy atom. The molecule has 0 heterocycles. The molecule has 0 aliphatic heterocycles. The van der Waals surface area contributed by atoms with Crippen molar-refractivity contribution in [2.24, 2.45) is 0 Å². The summed E-state index contributed by atoms with van der Waals surface area (Å²) in [7, 11) is 0. The van der Waals surface area contributed by atoms with Crippen LogP contribution in [0.15, 0.2) is 0 Å². The van der Waals surface area contributed by atoms with Crippen molar-refractivity contribution in [3.63, 3.8) is 0 Å². The molecule has 0 aromatic rings. The van der Waals surface area contributed by atoms with Crippen LogP contribution in [0.2, 0.25) is 0 Å². The van der Waals surface area contributed by atoms with Gasteiger partial charge in [-0.1, -0.05) is 40.5 Å². The molecule has 0 amide bonds. The summed E-state index contributed by atoms with van der Waals surface area (Å²) in [5.74, 6) is 0. The summed E-state index contributed by atoms with van der Waals surface area (Å²) < 4.78 is 0. The third-order valence-corrected chi connectivity index (χ3v) is 0.707. The van der Waals surface area contributed by atoms with Crippen LogP contribution < -0.4 is 0 Å². The van der Waals surface area contributed by atoms with Gasteiger partial charge >= 0.3 is 43.4 Å². The third kappa shape index (κ3) is 700. The fraction of sp³-hybridized carbons (Fsp3) is 0.667. The van der Waals surface area contributed by atoms with Crippen molar-refractivity contribution in [1.82, 2.24) is 0 Å². The van der Waals surface area contributed by atoms with E-state index in [1.165, 1.54) is 12.8 Å². The van der Waals surface area contributed by atoms with Crippen LogP contribution in [0.3, 0.4) is 0 Å². The monoisotopic (exact) mass is 372 g/mol. The van der Waals surface area contributed by atoms with Gasteiger partial charge in [-0.2, -0.15) is 39.5 Å². The summed E-state index contributed by atoms with van der Waals surface area (Å²) in [6.45, 7) is 32.4. The number of rotatable bonds is 2. The summed E-state index contributed by atoms with van der Waals surface area (Å²) in [6, 6.07) is 0. The Balaban J connectivity index is -0.0000000117. The molecule has 3 heteroatoms. The second kappa shape index (κ2) is 163. The Morgan fingerprint density at radius 2 is 0.571 bits per heavy atom. The van der Waals surface area contributed by atoms with Crippen LogP contribution in [-0.2, 0) is 43.4 Å². The Morgan fingerprint density at radius 3 is 0.571 bits per heavy atom. The average molecular weight is 372 g/mol. The van der Waals surface area contributed by atoms with Crippen LogP contribution in [-0.4, -0.2) is 5.48 Å². The Bertz CT molecular complexity index is 36.2. The molecule has 2 radical (unpaired) electrons. The second-order valence-electron chi connectivity index (χ2n) is 2.71. The summed E-state index contributed by atoms with van der Waals surface area (Å²) in [6.07, 6.45) is 6.56. The number of hydrogen-bond donors (Lipinski definition) is 0. The molecule has 0 aromatic heterocycles. The molecule has 0 unspecified atom stereocenters. The van der Waals surface area contributed by atoms with Crippen molar-refractivity contribution in [3.05, 3.63) is 41.5 Å². The summed E-state index contributed by atoms with van der Waals surface area (Å²) in [5.41, 5.74) is 0. The molecule has 0 atom stereocenters. The first kappa shape index (κ1) is 57.1. The van der Waals surface area contributed by atoms with Gasteiger partial charge in [0.1, 0.15) is 0 Å². The predicted molar refractivity (Wildman–Crippen MR) is 97.5 cm³/mol. The molecule has 0 fully saturated rings. The molecule has 0 spiro atoms. The van der Waals surface area contributed by atoms with Crippen LogP contribution in [0.1, 0.15) is 80.1 Å². The van der Waals surface area contributed by atoms with E-state index in [9.17, 15) is 0 Å². The largest absolute Gasteiger partial charge is 3.00 e. The molecule has 0 aromatic carbocycles. The van der Waals surface area contributed by atoms with Gasteiger partial charge in [0.2, 0.25) is 0 Å². The van der Waals surface area contributed by atoms with Gasteiger partial charge < -0.3 is 47.0 Å². The molecule has 0 saturated carbocycles. The Hall–Kier alpha value is 1.39. The molecule has 0 aliphatic carbocycles. The molecule has 1 nitrogen and oxygen atoms in total. The minimum atomic E-state index is 0. The minimum Gasteiger partial charge on any atom is -0.412 e. The molecule has 0 saturated heterocycles. The van der Waals surface area contributed by atoms with E-state index < -0.39 is 0 Å². The maximum atomic E-state index is 3.60. The van der Waals surface area contributed by atoms with Crippen molar-refractivity contribution < 1.29 is 48.9 Å². The zero-order valence-electron chi connectivity index (χ0n) is 16.0. The van der Waals surface area contributed by atoms with E-state index in [1.54, 1.807) is 13.8 Å². The Kier molecular flexibility index (Phi) is 443. The van der Waals surface area contributed by atoms with Gasteiger partial charge in [0.15, 0.2) is 0 Å². The van der Waals surface area contributed by atoms with E-state index in [-0.39, 0.29) is 48.9 Å². The first-order valence-corrected chi connectivity index (χ1v) is 7.24. The smallest absolute Gasteiger partial charge is 0.412 e. The van der Waals surface area contributed by atoms with Gasteiger partial charge in [-0.15, -0.1) is 0 Å². The van der Waals surface area contributed by atoms with E-state index in [1.807, 2.05) is 13.8 Å². The SMILES string of the molecule is O.[CH2-]C.[CH2-]C.[CH2-]CC.[CH2-]CC.[CH2-]CCC.[CH2-]CCC.[Ti+3].[Ti+3]. The fourth-order valence-corrected chi connectivity index (χ4v) is 0. The minimum absolute atomic E-state index is 0. The molecule has 0 aliphatic rings. The molecule has 21 heavy (non-hydrogen) atoms. The van der Waals surface area contributed by atoms with E-state index in [4.69, 9.17) is 0 Å². The second-order valence-corrected chi connectivity index (χ2v) is 2.71. The summed E-state index contributed by atoms with van der Waals surface area (Å²) in [4.78, 5) is 0. The van der Waals surface area contributed by atoms with Crippen molar-refractivity contribution in [2.75, 3.05) is 0 Å². The molecule has 130 valence electrons. The molecule has 2 N–H and O–H groups in total. The van der Waals surface area contributed by atoms with E-state index >= 15 is 0 Å². The molecular formula is C18H44OTi2. The van der Waals surface area contributed by atoms with Crippen LogP contribution in [0.4, 0.5) is 0 Å². The molecule has 0 bridgehead atoms. The van der Waals surface area contributed by atoms with Crippen LogP contribution >= 0.6 is 0 Å². The quantitative estimate of drug-likeness (QED) is 0.389. The molecular weight excluding hydrogens is 328 g/mol. The van der Waals surface area contributed by atoms with E-state index in [0.717, 1.165) is 25.7 Å². The maximum Gasteiger partial charge on any atom is 3.00 e. The number of unbranched alkanes of at least 4 members (excludes halogenated alkanes) is 2. The fourth-order valence-electron chi connectivity index (χ4n) is 0. The van der Waals surface area contributed by atoms with Crippen LogP contribution in [0.25, 0.3) is 0 Å². The van der Waals surface area contributed by atoms with Gasteiger partial charge in [0.05, 0.1) is 0 Å². The number of hydrogen-bond acceptors (Lipinski definition) is 0. The van der Waals surface area contributed by atoms with Gasteiger partial charge in [0.25, 0.3) is 0 Å². The standard InChI is InChI=1S/2C4H9.2C3H7.2C2H5.H2O.2Ti/c2*1-3-4-2;2*1-3-2;2*1-2;;;/h2*1,3-4H2,2H3;2*1,3H2,2H3;2*1H2,2H3;1H2;;/q6*-1;;2*+3. The zero-order chi connectivity index (χ0) is 16.2. The first-order chi connectivity index (χ1) is 8.66. The first-order valence-electron chi connectivity index (χ1n) is 7.24. The molecule has 0 rings (SSSR count). The van der Waals surface area contributed by atoms with Gasteiger partial charge in [-0.05, 0) is 0 Å². The van der Waals surface area contributed by atoms with Gasteiger partial charge in [0, 0.05) is 0 Å². The zero-order valence-corrected chi connectivity index (χ0v) is 19.1. The van der Waals surface area contributed by atoms with Gasteiger partial charge in [-0.3, -0.25) is 0 Å².